The molecule has 60 valence electrons. The molecule has 0 atom stereocenters. The van der Waals surface area contributed by atoms with Crippen LogP contribution < -0.4 is 5.69 Å². The van der Waals surface area contributed by atoms with E-state index < -0.39 is 0 Å². The fourth-order valence-electron chi connectivity index (χ4n) is 1.16. The second-order valence-electron chi connectivity index (χ2n) is 2.70. The summed E-state index contributed by atoms with van der Waals surface area (Å²) in [7, 11) is 0. The van der Waals surface area contributed by atoms with E-state index in [0.717, 1.165) is 12.8 Å². The van der Waals surface area contributed by atoms with Crippen molar-refractivity contribution in [2.75, 3.05) is 0 Å². The van der Waals surface area contributed by atoms with E-state index in [1.165, 1.54) is 4.57 Å². The molecule has 1 aromatic heterocycles. The highest BCUT2D eigenvalue weighted by molar-refractivity contribution is 4.93. The summed E-state index contributed by atoms with van der Waals surface area (Å²) in [5.74, 6) is 0.442. The molecule has 0 amide bonds. The van der Waals surface area contributed by atoms with Gasteiger partial charge in [0.05, 0.1) is 0 Å². The van der Waals surface area contributed by atoms with Gasteiger partial charge in [-0.05, 0) is 12.8 Å². The number of H-pyrrole nitrogens is 1. The Morgan fingerprint density at radius 1 is 1.73 bits per heavy atom. The number of hydrogen-bond donors (Lipinski definition) is 2. The van der Waals surface area contributed by atoms with Crippen molar-refractivity contribution < 1.29 is 5.11 Å². The van der Waals surface area contributed by atoms with Gasteiger partial charge >= 0.3 is 5.69 Å². The molecule has 0 saturated heterocycles. The van der Waals surface area contributed by atoms with Crippen LogP contribution in [0, 0.1) is 0 Å². The van der Waals surface area contributed by atoms with Crippen LogP contribution in [0.2, 0.25) is 0 Å². The van der Waals surface area contributed by atoms with Gasteiger partial charge in [-0.15, -0.1) is 0 Å². The minimum absolute atomic E-state index is 0.171. The van der Waals surface area contributed by atoms with Crippen molar-refractivity contribution in [1.82, 2.24) is 14.8 Å². The SMILES string of the molecule is O=c1[nH]nc(CO)n1C1CC1. The molecule has 0 radical (unpaired) electrons. The average Bonchev–Trinajstić information content (AvgIpc) is 2.76. The van der Waals surface area contributed by atoms with Gasteiger partial charge in [0.2, 0.25) is 0 Å². The lowest BCUT2D eigenvalue weighted by atomic mass is 10.6. The third kappa shape index (κ3) is 0.970. The van der Waals surface area contributed by atoms with Gasteiger partial charge in [-0.2, -0.15) is 5.10 Å². The molecule has 1 aromatic rings. The lowest BCUT2D eigenvalue weighted by Crippen LogP contribution is -2.17. The minimum atomic E-state index is -0.212. The van der Waals surface area contributed by atoms with Crippen LogP contribution >= 0.6 is 0 Å². The van der Waals surface area contributed by atoms with Gasteiger partial charge in [0.1, 0.15) is 6.61 Å². The number of aliphatic hydroxyl groups excluding tert-OH is 1. The van der Waals surface area contributed by atoms with Crippen LogP contribution in [-0.2, 0) is 6.61 Å². The zero-order valence-electron chi connectivity index (χ0n) is 5.95. The molecule has 0 unspecified atom stereocenters. The van der Waals surface area contributed by atoms with E-state index in [9.17, 15) is 4.79 Å². The maximum Gasteiger partial charge on any atom is 0.343 e. The van der Waals surface area contributed by atoms with E-state index in [-0.39, 0.29) is 18.3 Å². The largest absolute Gasteiger partial charge is 0.388 e. The topological polar surface area (TPSA) is 70.9 Å². The van der Waals surface area contributed by atoms with E-state index in [2.05, 4.69) is 10.2 Å². The molecule has 5 heteroatoms. The lowest BCUT2D eigenvalue weighted by molar-refractivity contribution is 0.264. The highest BCUT2D eigenvalue weighted by atomic mass is 16.3. The molecule has 1 saturated carbocycles. The van der Waals surface area contributed by atoms with E-state index >= 15 is 0 Å². The standard InChI is InChI=1S/C6H9N3O2/c10-3-5-7-8-6(11)9(5)4-1-2-4/h4,10H,1-3H2,(H,8,11). The summed E-state index contributed by atoms with van der Waals surface area (Å²) >= 11 is 0. The Balaban J connectivity index is 2.46. The molecule has 5 nitrogen and oxygen atoms in total. The summed E-state index contributed by atoms with van der Waals surface area (Å²) in [5.41, 5.74) is -0.212. The third-order valence-corrected chi connectivity index (χ3v) is 1.83. The van der Waals surface area contributed by atoms with Gasteiger partial charge in [-0.3, -0.25) is 4.57 Å². The van der Waals surface area contributed by atoms with Gasteiger partial charge in [0.15, 0.2) is 5.82 Å². The minimum Gasteiger partial charge on any atom is -0.388 e. The van der Waals surface area contributed by atoms with Crippen molar-refractivity contribution in [1.29, 1.82) is 0 Å². The molecule has 1 aliphatic rings. The molecule has 11 heavy (non-hydrogen) atoms. The Kier molecular flexibility index (Phi) is 1.32. The number of nitrogens with one attached hydrogen (secondary N) is 1. The van der Waals surface area contributed by atoms with Crippen molar-refractivity contribution in [2.24, 2.45) is 0 Å². The average molecular weight is 155 g/mol. The van der Waals surface area contributed by atoms with Crippen molar-refractivity contribution in [3.8, 4) is 0 Å². The number of aliphatic hydroxyl groups is 1. The number of aromatic nitrogens is 3. The van der Waals surface area contributed by atoms with Crippen molar-refractivity contribution >= 4 is 0 Å². The smallest absolute Gasteiger partial charge is 0.343 e. The van der Waals surface area contributed by atoms with Gasteiger partial charge in [0, 0.05) is 6.04 Å². The van der Waals surface area contributed by atoms with E-state index in [0.29, 0.717) is 5.82 Å². The van der Waals surface area contributed by atoms with Crippen LogP contribution in [0.25, 0.3) is 0 Å². The van der Waals surface area contributed by atoms with Crippen LogP contribution in [-0.4, -0.2) is 19.9 Å². The zero-order chi connectivity index (χ0) is 7.84. The molecular weight excluding hydrogens is 146 g/mol. The summed E-state index contributed by atoms with van der Waals surface area (Å²) in [6, 6.07) is 0.281. The molecular formula is C6H9N3O2. The van der Waals surface area contributed by atoms with Gasteiger partial charge in [-0.25, -0.2) is 9.89 Å². The first-order valence-electron chi connectivity index (χ1n) is 3.59. The monoisotopic (exact) mass is 155 g/mol. The number of aromatic amines is 1. The number of hydrogen-bond acceptors (Lipinski definition) is 3. The van der Waals surface area contributed by atoms with Crippen LogP contribution in [0.3, 0.4) is 0 Å². The first kappa shape index (κ1) is 6.60. The Morgan fingerprint density at radius 2 is 2.45 bits per heavy atom. The summed E-state index contributed by atoms with van der Waals surface area (Å²) in [4.78, 5) is 11.0. The van der Waals surface area contributed by atoms with Crippen molar-refractivity contribution in [3.63, 3.8) is 0 Å². The summed E-state index contributed by atoms with van der Waals surface area (Å²) in [5, 5.41) is 14.7. The number of nitrogens with zero attached hydrogens (tertiary/aromatic N) is 2. The molecule has 1 fully saturated rings. The Labute approximate surface area is 62.7 Å². The maximum atomic E-state index is 11.0. The highest BCUT2D eigenvalue weighted by Crippen LogP contribution is 2.33. The molecule has 0 aliphatic heterocycles. The normalized spacial score (nSPS) is 17.2. The first-order valence-corrected chi connectivity index (χ1v) is 3.59. The Hall–Kier alpha value is -1.10. The van der Waals surface area contributed by atoms with Gasteiger partial charge in [-0.1, -0.05) is 0 Å². The summed E-state index contributed by atoms with van der Waals surface area (Å²) < 4.78 is 1.53. The van der Waals surface area contributed by atoms with E-state index in [4.69, 9.17) is 5.11 Å². The molecule has 2 rings (SSSR count). The summed E-state index contributed by atoms with van der Waals surface area (Å²) in [6.45, 7) is -0.171. The molecule has 0 spiro atoms. The third-order valence-electron chi connectivity index (χ3n) is 1.83. The van der Waals surface area contributed by atoms with Crippen LogP contribution in [0.4, 0.5) is 0 Å². The van der Waals surface area contributed by atoms with Crippen molar-refractivity contribution in [3.05, 3.63) is 16.3 Å². The lowest BCUT2D eigenvalue weighted by Gasteiger charge is -1.97. The second-order valence-corrected chi connectivity index (χ2v) is 2.70. The molecule has 1 aliphatic carbocycles. The Bertz CT molecular complexity index is 310. The highest BCUT2D eigenvalue weighted by Gasteiger charge is 2.27. The molecule has 0 aromatic carbocycles. The second kappa shape index (κ2) is 2.20. The molecule has 1 heterocycles. The van der Waals surface area contributed by atoms with Gasteiger partial charge in [0.25, 0.3) is 0 Å². The number of rotatable bonds is 2. The molecule has 0 bridgehead atoms. The predicted molar refractivity (Wildman–Crippen MR) is 37.0 cm³/mol. The van der Waals surface area contributed by atoms with E-state index in [1.54, 1.807) is 0 Å². The maximum absolute atomic E-state index is 11.0. The van der Waals surface area contributed by atoms with Crippen LogP contribution in [0.5, 0.6) is 0 Å². The zero-order valence-corrected chi connectivity index (χ0v) is 5.95. The van der Waals surface area contributed by atoms with Crippen molar-refractivity contribution in [2.45, 2.75) is 25.5 Å². The predicted octanol–water partition coefficient (Wildman–Crippen LogP) is -0.601. The Morgan fingerprint density at radius 3 is 3.00 bits per heavy atom. The van der Waals surface area contributed by atoms with Crippen LogP contribution in [0.1, 0.15) is 24.7 Å². The molecule has 2 N–H and O–H groups in total. The van der Waals surface area contributed by atoms with Gasteiger partial charge < -0.3 is 5.11 Å². The van der Waals surface area contributed by atoms with Crippen LogP contribution in [0.15, 0.2) is 4.79 Å². The quantitative estimate of drug-likeness (QED) is 0.599. The fraction of sp³-hybridized carbons (Fsp3) is 0.667. The summed E-state index contributed by atoms with van der Waals surface area (Å²) in [6.07, 6.45) is 2.04. The first-order chi connectivity index (χ1) is 5.33. The van der Waals surface area contributed by atoms with E-state index in [1.807, 2.05) is 0 Å². The fourth-order valence-corrected chi connectivity index (χ4v) is 1.16.